The maximum Gasteiger partial charge on any atom is 0.323 e. The van der Waals surface area contributed by atoms with Crippen molar-refractivity contribution in [2.45, 2.75) is 39.2 Å². The Labute approximate surface area is 168 Å². The largest absolute Gasteiger partial charge is 0.480 e. The molecule has 0 aliphatic carbocycles. The molecule has 1 atom stereocenters. The Morgan fingerprint density at radius 2 is 2.03 bits per heavy atom. The molecule has 1 unspecified atom stereocenters. The summed E-state index contributed by atoms with van der Waals surface area (Å²) in [6.07, 6.45) is 5.02. The van der Waals surface area contributed by atoms with E-state index < -0.39 is 5.97 Å². The standard InChI is InChI=1S/C20H25N5O4/c1-14-10-17(25-13-21-12-22-25)5-6-18(14)20(29)23-8-3-4-16(7-9-23)24(15(2)26)11-19(27)28/h5-6,10,12-13,16H,3-4,7-9,11H2,1-2H3,(H,27,28). The van der Waals surface area contributed by atoms with Crippen LogP contribution in [0.3, 0.4) is 0 Å². The molecule has 1 N–H and O–H groups in total. The van der Waals surface area contributed by atoms with E-state index in [1.807, 2.05) is 19.1 Å². The molecule has 0 bridgehead atoms. The second kappa shape index (κ2) is 8.85. The first-order valence-electron chi connectivity index (χ1n) is 9.60. The van der Waals surface area contributed by atoms with Crippen LogP contribution in [0.4, 0.5) is 0 Å². The number of aliphatic carboxylic acids is 1. The minimum Gasteiger partial charge on any atom is -0.480 e. The lowest BCUT2D eigenvalue weighted by Gasteiger charge is -2.29. The third-order valence-corrected chi connectivity index (χ3v) is 5.26. The summed E-state index contributed by atoms with van der Waals surface area (Å²) in [5.74, 6) is -1.34. The van der Waals surface area contributed by atoms with Crippen molar-refractivity contribution in [3.05, 3.63) is 42.0 Å². The number of nitrogens with zero attached hydrogens (tertiary/aromatic N) is 5. The third-order valence-electron chi connectivity index (χ3n) is 5.26. The lowest BCUT2D eigenvalue weighted by molar-refractivity contribution is -0.145. The predicted molar refractivity (Wildman–Crippen MR) is 105 cm³/mol. The van der Waals surface area contributed by atoms with Crippen LogP contribution in [0.1, 0.15) is 42.1 Å². The first-order chi connectivity index (χ1) is 13.9. The topological polar surface area (TPSA) is 109 Å². The van der Waals surface area contributed by atoms with E-state index >= 15 is 0 Å². The molecular formula is C20H25N5O4. The smallest absolute Gasteiger partial charge is 0.323 e. The Hall–Kier alpha value is -3.23. The van der Waals surface area contributed by atoms with Gasteiger partial charge in [-0.15, -0.1) is 0 Å². The van der Waals surface area contributed by atoms with E-state index in [9.17, 15) is 14.4 Å². The minimum absolute atomic E-state index is 0.0547. The number of carbonyl (C=O) groups excluding carboxylic acids is 2. The van der Waals surface area contributed by atoms with Gasteiger partial charge in [-0.25, -0.2) is 9.67 Å². The van der Waals surface area contributed by atoms with Crippen LogP contribution in [0.15, 0.2) is 30.9 Å². The van der Waals surface area contributed by atoms with Gasteiger partial charge in [0.25, 0.3) is 5.91 Å². The van der Waals surface area contributed by atoms with Gasteiger partial charge >= 0.3 is 5.97 Å². The van der Waals surface area contributed by atoms with E-state index in [-0.39, 0.29) is 24.4 Å². The highest BCUT2D eigenvalue weighted by atomic mass is 16.4. The molecule has 0 radical (unpaired) electrons. The van der Waals surface area contributed by atoms with Gasteiger partial charge < -0.3 is 14.9 Å². The fourth-order valence-corrected chi connectivity index (χ4v) is 3.78. The molecule has 1 saturated heterocycles. The monoisotopic (exact) mass is 399 g/mol. The van der Waals surface area contributed by atoms with Crippen molar-refractivity contribution in [3.8, 4) is 5.69 Å². The van der Waals surface area contributed by atoms with E-state index in [1.54, 1.807) is 22.0 Å². The summed E-state index contributed by atoms with van der Waals surface area (Å²) in [6.45, 7) is 4.03. The Kier molecular flexibility index (Phi) is 6.26. The van der Waals surface area contributed by atoms with E-state index in [2.05, 4.69) is 10.1 Å². The Balaban J connectivity index is 1.71. The zero-order valence-corrected chi connectivity index (χ0v) is 16.6. The summed E-state index contributed by atoms with van der Waals surface area (Å²) < 4.78 is 1.64. The summed E-state index contributed by atoms with van der Waals surface area (Å²) in [4.78, 5) is 43.1. The van der Waals surface area contributed by atoms with E-state index in [0.717, 1.165) is 17.7 Å². The van der Waals surface area contributed by atoms with Crippen LogP contribution in [0.5, 0.6) is 0 Å². The molecule has 9 nitrogen and oxygen atoms in total. The normalized spacial score (nSPS) is 16.9. The van der Waals surface area contributed by atoms with Crippen LogP contribution in [0.25, 0.3) is 5.69 Å². The van der Waals surface area contributed by atoms with Gasteiger partial charge in [-0.1, -0.05) is 0 Å². The quantitative estimate of drug-likeness (QED) is 0.816. The van der Waals surface area contributed by atoms with Gasteiger partial charge in [-0.2, -0.15) is 5.10 Å². The molecule has 2 heterocycles. The van der Waals surface area contributed by atoms with Crippen LogP contribution >= 0.6 is 0 Å². The van der Waals surface area contributed by atoms with E-state index in [0.29, 0.717) is 31.5 Å². The Bertz CT molecular complexity index is 896. The third kappa shape index (κ3) is 4.79. The van der Waals surface area contributed by atoms with Gasteiger partial charge in [0.15, 0.2) is 0 Å². The molecule has 2 amide bonds. The van der Waals surface area contributed by atoms with Crippen molar-refractivity contribution in [1.29, 1.82) is 0 Å². The van der Waals surface area contributed by atoms with Crippen LogP contribution in [0, 0.1) is 6.92 Å². The van der Waals surface area contributed by atoms with E-state index in [1.165, 1.54) is 18.2 Å². The average Bonchev–Trinajstić information content (AvgIpc) is 3.10. The van der Waals surface area contributed by atoms with Crippen molar-refractivity contribution < 1.29 is 19.5 Å². The molecule has 2 aromatic rings. The highest BCUT2D eigenvalue weighted by Gasteiger charge is 2.28. The summed E-state index contributed by atoms with van der Waals surface area (Å²) in [5.41, 5.74) is 2.31. The number of aromatic nitrogens is 3. The SMILES string of the molecule is CC(=O)N(CC(=O)O)C1CCCN(C(=O)c2ccc(-n3cncn3)cc2C)CC1. The van der Waals surface area contributed by atoms with Crippen molar-refractivity contribution in [1.82, 2.24) is 24.6 Å². The minimum atomic E-state index is -1.03. The fraction of sp³-hybridized carbons (Fsp3) is 0.450. The second-order valence-electron chi connectivity index (χ2n) is 7.26. The molecule has 9 heteroatoms. The zero-order valence-electron chi connectivity index (χ0n) is 16.6. The maximum atomic E-state index is 13.1. The van der Waals surface area contributed by atoms with Crippen molar-refractivity contribution >= 4 is 17.8 Å². The number of aryl methyl sites for hydroxylation is 1. The molecule has 29 heavy (non-hydrogen) atoms. The lowest BCUT2D eigenvalue weighted by atomic mass is 10.1. The molecule has 1 aromatic heterocycles. The first kappa shape index (κ1) is 20.5. The number of rotatable bonds is 5. The number of carboxylic acids is 1. The highest BCUT2D eigenvalue weighted by molar-refractivity contribution is 5.96. The number of carbonyl (C=O) groups is 3. The van der Waals surface area contributed by atoms with Crippen molar-refractivity contribution in [3.63, 3.8) is 0 Å². The number of hydrogen-bond donors (Lipinski definition) is 1. The molecule has 1 aromatic carbocycles. The van der Waals surface area contributed by atoms with Crippen LogP contribution in [-0.2, 0) is 9.59 Å². The summed E-state index contributed by atoms with van der Waals surface area (Å²) in [5, 5.41) is 13.2. The van der Waals surface area contributed by atoms with Gasteiger partial charge in [0.2, 0.25) is 5.91 Å². The van der Waals surface area contributed by atoms with Gasteiger partial charge in [0.05, 0.1) is 5.69 Å². The van der Waals surface area contributed by atoms with Gasteiger partial charge in [-0.05, 0) is 49.9 Å². The predicted octanol–water partition coefficient (Wildman–Crippen LogP) is 1.50. The van der Waals surface area contributed by atoms with Crippen LogP contribution in [0.2, 0.25) is 0 Å². The fourth-order valence-electron chi connectivity index (χ4n) is 3.78. The van der Waals surface area contributed by atoms with Gasteiger partial charge in [0.1, 0.15) is 19.2 Å². The average molecular weight is 399 g/mol. The number of likely N-dealkylation sites (tertiary alicyclic amines) is 1. The second-order valence-corrected chi connectivity index (χ2v) is 7.26. The Morgan fingerprint density at radius 3 is 2.66 bits per heavy atom. The zero-order chi connectivity index (χ0) is 21.0. The van der Waals surface area contributed by atoms with Gasteiger partial charge in [-0.3, -0.25) is 14.4 Å². The summed E-state index contributed by atoms with van der Waals surface area (Å²) in [6, 6.07) is 5.35. The van der Waals surface area contributed by atoms with Crippen molar-refractivity contribution in [2.24, 2.45) is 0 Å². The van der Waals surface area contributed by atoms with Gasteiger partial charge in [0, 0.05) is 31.6 Å². The number of benzene rings is 1. The van der Waals surface area contributed by atoms with Crippen LogP contribution < -0.4 is 0 Å². The first-order valence-corrected chi connectivity index (χ1v) is 9.60. The summed E-state index contributed by atoms with van der Waals surface area (Å²) in [7, 11) is 0. The molecule has 154 valence electrons. The molecule has 0 saturated carbocycles. The molecular weight excluding hydrogens is 374 g/mol. The lowest BCUT2D eigenvalue weighted by Crippen LogP contribution is -2.43. The highest BCUT2D eigenvalue weighted by Crippen LogP contribution is 2.21. The van der Waals surface area contributed by atoms with Crippen LogP contribution in [-0.4, -0.2) is 73.1 Å². The molecule has 1 aliphatic heterocycles. The van der Waals surface area contributed by atoms with Crippen molar-refractivity contribution in [2.75, 3.05) is 19.6 Å². The molecule has 0 spiro atoms. The number of carboxylic acid groups (broad SMARTS) is 1. The number of amides is 2. The number of hydrogen-bond acceptors (Lipinski definition) is 5. The van der Waals surface area contributed by atoms with E-state index in [4.69, 9.17) is 5.11 Å². The molecule has 1 aliphatic rings. The Morgan fingerprint density at radius 1 is 1.24 bits per heavy atom. The molecule has 1 fully saturated rings. The summed E-state index contributed by atoms with van der Waals surface area (Å²) >= 11 is 0. The molecule has 3 rings (SSSR count). The maximum absolute atomic E-state index is 13.1.